The van der Waals surface area contributed by atoms with Crippen LogP contribution in [0.2, 0.25) is 0 Å². The van der Waals surface area contributed by atoms with E-state index in [0.717, 1.165) is 48.3 Å². The highest BCUT2D eigenvalue weighted by Gasteiger charge is 2.26. The highest BCUT2D eigenvalue weighted by atomic mass is 32.2. The molecular weight excluding hydrogens is 350 g/mol. The molecule has 1 aliphatic heterocycles. The Morgan fingerprint density at radius 2 is 1.81 bits per heavy atom. The SMILES string of the molecule is CCc1cc(S(=O)(=O)N(OC)c2ccccc2)ccc1N1CCNCC1. The lowest BCUT2D eigenvalue weighted by Crippen LogP contribution is -2.43. The van der Waals surface area contributed by atoms with Crippen molar-refractivity contribution in [1.29, 1.82) is 0 Å². The van der Waals surface area contributed by atoms with Gasteiger partial charge >= 0.3 is 0 Å². The molecule has 0 aromatic heterocycles. The molecular formula is C19H25N3O3S. The van der Waals surface area contributed by atoms with E-state index in [0.29, 0.717) is 5.69 Å². The van der Waals surface area contributed by atoms with Gasteiger partial charge in [0.05, 0.1) is 17.7 Å². The highest BCUT2D eigenvalue weighted by molar-refractivity contribution is 7.92. The zero-order chi connectivity index (χ0) is 18.6. The summed E-state index contributed by atoms with van der Waals surface area (Å²) in [7, 11) is -2.44. The zero-order valence-corrected chi connectivity index (χ0v) is 16.0. The van der Waals surface area contributed by atoms with Crippen LogP contribution >= 0.6 is 0 Å². The van der Waals surface area contributed by atoms with Crippen molar-refractivity contribution in [2.45, 2.75) is 18.2 Å². The van der Waals surface area contributed by atoms with Gasteiger partial charge in [-0.2, -0.15) is 8.42 Å². The van der Waals surface area contributed by atoms with Crippen LogP contribution in [0.5, 0.6) is 0 Å². The average molecular weight is 375 g/mol. The molecule has 3 rings (SSSR count). The number of piperazine rings is 1. The molecule has 7 heteroatoms. The van der Waals surface area contributed by atoms with Crippen molar-refractivity contribution >= 4 is 21.4 Å². The van der Waals surface area contributed by atoms with Crippen molar-refractivity contribution in [3.63, 3.8) is 0 Å². The highest BCUT2D eigenvalue weighted by Crippen LogP contribution is 2.29. The molecule has 1 fully saturated rings. The van der Waals surface area contributed by atoms with Crippen LogP contribution in [0.4, 0.5) is 11.4 Å². The maximum absolute atomic E-state index is 13.1. The number of aryl methyl sites for hydroxylation is 1. The smallest absolute Gasteiger partial charge is 0.286 e. The van der Waals surface area contributed by atoms with E-state index in [1.807, 2.05) is 19.1 Å². The first-order valence-electron chi connectivity index (χ1n) is 8.81. The minimum atomic E-state index is -3.80. The summed E-state index contributed by atoms with van der Waals surface area (Å²) in [5, 5.41) is 3.34. The monoisotopic (exact) mass is 375 g/mol. The maximum Gasteiger partial charge on any atom is 0.286 e. The van der Waals surface area contributed by atoms with Gasteiger partial charge in [0.15, 0.2) is 0 Å². The lowest BCUT2D eigenvalue weighted by atomic mass is 10.1. The molecule has 0 aliphatic carbocycles. The standard InChI is InChI=1S/C19H25N3O3S/c1-3-16-15-18(9-10-19(16)21-13-11-20-12-14-21)26(23,24)22(25-2)17-7-5-4-6-8-17/h4-10,15,20H,3,11-14H2,1-2H3. The van der Waals surface area contributed by atoms with Crippen LogP contribution in [0.3, 0.4) is 0 Å². The Morgan fingerprint density at radius 3 is 2.42 bits per heavy atom. The summed E-state index contributed by atoms with van der Waals surface area (Å²) in [6, 6.07) is 14.2. The summed E-state index contributed by atoms with van der Waals surface area (Å²) in [5.74, 6) is 0. The second kappa shape index (κ2) is 8.07. The molecule has 0 spiro atoms. The largest absolute Gasteiger partial charge is 0.369 e. The number of nitrogens with zero attached hydrogens (tertiary/aromatic N) is 2. The predicted molar refractivity (Wildman–Crippen MR) is 104 cm³/mol. The van der Waals surface area contributed by atoms with E-state index < -0.39 is 10.0 Å². The van der Waals surface area contributed by atoms with Gasteiger partial charge in [-0.05, 0) is 42.3 Å². The quantitative estimate of drug-likeness (QED) is 0.786. The first-order chi connectivity index (χ1) is 12.6. The number of anilines is 2. The van der Waals surface area contributed by atoms with E-state index in [-0.39, 0.29) is 4.90 Å². The first-order valence-corrected chi connectivity index (χ1v) is 10.2. The Morgan fingerprint density at radius 1 is 1.12 bits per heavy atom. The van der Waals surface area contributed by atoms with Crippen LogP contribution in [0.1, 0.15) is 12.5 Å². The first kappa shape index (κ1) is 18.7. The Hall–Kier alpha value is -2.09. The van der Waals surface area contributed by atoms with Gasteiger partial charge < -0.3 is 10.2 Å². The lowest BCUT2D eigenvalue weighted by molar-refractivity contribution is 0.216. The van der Waals surface area contributed by atoms with E-state index in [1.165, 1.54) is 7.11 Å². The number of hydrogen-bond donors (Lipinski definition) is 1. The number of hydrogen-bond acceptors (Lipinski definition) is 5. The van der Waals surface area contributed by atoms with E-state index in [1.54, 1.807) is 36.4 Å². The molecule has 0 unspecified atom stereocenters. The van der Waals surface area contributed by atoms with Crippen molar-refractivity contribution < 1.29 is 13.3 Å². The van der Waals surface area contributed by atoms with Gasteiger partial charge in [-0.25, -0.2) is 0 Å². The molecule has 140 valence electrons. The van der Waals surface area contributed by atoms with Crippen LogP contribution in [0.25, 0.3) is 0 Å². The van der Waals surface area contributed by atoms with Gasteiger partial charge in [0, 0.05) is 31.9 Å². The molecule has 1 aliphatic rings. The van der Waals surface area contributed by atoms with Crippen LogP contribution in [0, 0.1) is 0 Å². The molecule has 26 heavy (non-hydrogen) atoms. The molecule has 1 heterocycles. The Kier molecular flexibility index (Phi) is 5.80. The Labute approximate surface area is 155 Å². The maximum atomic E-state index is 13.1. The molecule has 0 amide bonds. The normalized spacial score (nSPS) is 15.1. The summed E-state index contributed by atoms with van der Waals surface area (Å²) in [5.41, 5.74) is 2.60. The van der Waals surface area contributed by atoms with Crippen molar-refractivity contribution in [2.75, 3.05) is 42.7 Å². The molecule has 0 atom stereocenters. The fourth-order valence-electron chi connectivity index (χ4n) is 3.21. The minimum Gasteiger partial charge on any atom is -0.369 e. The zero-order valence-electron chi connectivity index (χ0n) is 15.2. The summed E-state index contributed by atoms with van der Waals surface area (Å²) in [6.45, 7) is 5.77. The van der Waals surface area contributed by atoms with Crippen molar-refractivity contribution in [1.82, 2.24) is 5.32 Å². The van der Waals surface area contributed by atoms with Crippen molar-refractivity contribution in [3.8, 4) is 0 Å². The summed E-state index contributed by atoms with van der Waals surface area (Å²) in [6.07, 6.45) is 0.765. The molecule has 0 saturated carbocycles. The van der Waals surface area contributed by atoms with Crippen LogP contribution in [0.15, 0.2) is 53.4 Å². The van der Waals surface area contributed by atoms with Gasteiger partial charge in [0.25, 0.3) is 10.0 Å². The fraction of sp³-hybridized carbons (Fsp3) is 0.368. The van der Waals surface area contributed by atoms with Crippen molar-refractivity contribution in [3.05, 3.63) is 54.1 Å². The Balaban J connectivity index is 1.97. The van der Waals surface area contributed by atoms with Gasteiger partial charge in [-0.15, -0.1) is 4.47 Å². The number of rotatable bonds is 6. The number of benzene rings is 2. The van der Waals surface area contributed by atoms with E-state index in [4.69, 9.17) is 4.84 Å². The van der Waals surface area contributed by atoms with E-state index in [9.17, 15) is 8.42 Å². The molecule has 0 bridgehead atoms. The Bertz CT molecular complexity index is 834. The minimum absolute atomic E-state index is 0.235. The molecule has 6 nitrogen and oxygen atoms in total. The summed E-state index contributed by atoms with van der Waals surface area (Å²) >= 11 is 0. The second-order valence-corrected chi connectivity index (χ2v) is 7.88. The van der Waals surface area contributed by atoms with Gasteiger partial charge in [-0.1, -0.05) is 25.1 Å². The van der Waals surface area contributed by atoms with Gasteiger partial charge in [-0.3, -0.25) is 4.84 Å². The lowest BCUT2D eigenvalue weighted by Gasteiger charge is -2.31. The number of sulfonamides is 1. The van der Waals surface area contributed by atoms with Crippen LogP contribution < -0.4 is 14.7 Å². The van der Waals surface area contributed by atoms with Gasteiger partial charge in [0.1, 0.15) is 0 Å². The van der Waals surface area contributed by atoms with Gasteiger partial charge in [0.2, 0.25) is 0 Å². The average Bonchev–Trinajstić information content (AvgIpc) is 2.69. The van der Waals surface area contributed by atoms with E-state index >= 15 is 0 Å². The molecule has 1 N–H and O–H groups in total. The van der Waals surface area contributed by atoms with E-state index in [2.05, 4.69) is 10.2 Å². The molecule has 0 radical (unpaired) electrons. The fourth-order valence-corrected chi connectivity index (χ4v) is 4.53. The second-order valence-electron chi connectivity index (χ2n) is 6.13. The third-order valence-corrected chi connectivity index (χ3v) is 6.18. The van der Waals surface area contributed by atoms with Crippen LogP contribution in [-0.4, -0.2) is 41.7 Å². The topological polar surface area (TPSA) is 61.9 Å². The van der Waals surface area contributed by atoms with Crippen molar-refractivity contribution in [2.24, 2.45) is 0 Å². The van der Waals surface area contributed by atoms with Crippen LogP contribution in [-0.2, 0) is 21.3 Å². The predicted octanol–water partition coefficient (Wildman–Crippen LogP) is 2.42. The number of para-hydroxylation sites is 1. The third kappa shape index (κ3) is 3.70. The molecule has 2 aromatic carbocycles. The molecule has 1 saturated heterocycles. The third-order valence-electron chi connectivity index (χ3n) is 4.54. The summed E-state index contributed by atoms with van der Waals surface area (Å²) in [4.78, 5) is 7.74. The summed E-state index contributed by atoms with van der Waals surface area (Å²) < 4.78 is 27.2. The number of nitrogens with one attached hydrogen (secondary N) is 1. The molecule has 2 aromatic rings.